The van der Waals surface area contributed by atoms with Crippen LogP contribution in [0.5, 0.6) is 0 Å². The molecule has 2 amide bonds. The minimum absolute atomic E-state index is 0.167. The van der Waals surface area contributed by atoms with Gasteiger partial charge in [-0.2, -0.15) is 0 Å². The van der Waals surface area contributed by atoms with Crippen LogP contribution in [0.3, 0.4) is 0 Å². The molecule has 0 bridgehead atoms. The van der Waals surface area contributed by atoms with Crippen LogP contribution in [0.25, 0.3) is 18.2 Å². The van der Waals surface area contributed by atoms with E-state index in [9.17, 15) is 19.2 Å². The molecule has 0 fully saturated rings. The zero-order valence-corrected chi connectivity index (χ0v) is 26.5. The predicted octanol–water partition coefficient (Wildman–Crippen LogP) is 3.24. The lowest BCUT2D eigenvalue weighted by molar-refractivity contribution is -0.141. The van der Waals surface area contributed by atoms with Gasteiger partial charge in [0.2, 0.25) is 0 Å². The van der Waals surface area contributed by atoms with Crippen molar-refractivity contribution in [2.75, 3.05) is 14.2 Å². The zero-order chi connectivity index (χ0) is 33.0. The van der Waals surface area contributed by atoms with Gasteiger partial charge in [0.05, 0.1) is 25.6 Å². The number of carbonyl (C=O) groups excluding carboxylic acids is 4. The number of hydrogen-bond acceptors (Lipinski definition) is 6. The van der Waals surface area contributed by atoms with E-state index < -0.39 is 0 Å². The Morgan fingerprint density at radius 2 is 1.38 bits per heavy atom. The second-order valence-corrected chi connectivity index (χ2v) is 10.9. The van der Waals surface area contributed by atoms with Crippen LogP contribution < -0.4 is 16.0 Å². The number of H-pyrrole nitrogens is 2. The predicted molar refractivity (Wildman–Crippen MR) is 173 cm³/mol. The zero-order valence-electron chi connectivity index (χ0n) is 26.5. The molecule has 0 saturated carbocycles. The highest BCUT2D eigenvalue weighted by Crippen LogP contribution is 2.27. The summed E-state index contributed by atoms with van der Waals surface area (Å²) in [6.07, 6.45) is 9.92. The molecular weight excluding hydrogens is 572 g/mol. The van der Waals surface area contributed by atoms with Gasteiger partial charge in [-0.3, -0.25) is 19.2 Å². The van der Waals surface area contributed by atoms with Crippen molar-refractivity contribution < 1.29 is 28.7 Å². The van der Waals surface area contributed by atoms with E-state index in [4.69, 9.17) is 9.47 Å². The summed E-state index contributed by atoms with van der Waals surface area (Å²) in [6, 6.07) is 0. The van der Waals surface area contributed by atoms with E-state index in [1.807, 2.05) is 39.0 Å². The minimum Gasteiger partial charge on any atom is -0.469 e. The largest absolute Gasteiger partial charge is 0.469 e. The van der Waals surface area contributed by atoms with E-state index in [2.05, 4.69) is 33.4 Å². The molecule has 4 rings (SSSR count). The van der Waals surface area contributed by atoms with E-state index in [-0.39, 0.29) is 36.6 Å². The fourth-order valence-electron chi connectivity index (χ4n) is 5.54. The van der Waals surface area contributed by atoms with Gasteiger partial charge in [-0.15, -0.1) is 0 Å². The quantitative estimate of drug-likeness (QED) is 0.334. The maximum atomic E-state index is 12.4. The fourth-order valence-corrected chi connectivity index (χ4v) is 5.54. The standard InChI is InChI=1S/C35H38N4O6/c1-9-22-21(6)34(42)39-29(22)16-27-20(5)25(12-14-33(41)45-8)31(37-27)17-30-24(11-13-32(40)44-7)19(4)26(36-30)15-28-18(3)23(10-2)35(43)38-28/h9-10,15-17,36-37H,1-2,11-14H2,3-8H3,(H,39,42)/b26-15+,29-16-,30-17-. The number of nitrogens with zero attached hydrogens (tertiary/aromatic N) is 1. The molecule has 2 aromatic heterocycles. The third kappa shape index (κ3) is 6.64. The van der Waals surface area contributed by atoms with Crippen LogP contribution in [0.15, 0.2) is 58.3 Å². The number of amides is 2. The number of nitrogens with one attached hydrogen (secondary N) is 3. The molecule has 0 atom stereocenters. The van der Waals surface area contributed by atoms with E-state index in [1.54, 1.807) is 13.0 Å². The number of rotatable bonds is 11. The number of esters is 2. The SMILES string of the molecule is C=CC1=C(C)C(/C=c2/[nH]/c(=C\c3[nH]c(/C=C4\NC(=O)C(C)=C4C=C)c(C)c3CCC(=O)OC)c(CCC(=O)OC)c2C)=NC1=O. The number of methoxy groups -OCH3 is 2. The maximum absolute atomic E-state index is 12.4. The van der Waals surface area contributed by atoms with Gasteiger partial charge < -0.3 is 24.8 Å². The molecule has 3 N–H and O–H groups in total. The first-order valence-electron chi connectivity index (χ1n) is 14.5. The maximum Gasteiger partial charge on any atom is 0.305 e. The molecule has 10 heteroatoms. The summed E-state index contributed by atoms with van der Waals surface area (Å²) >= 11 is 0. The van der Waals surface area contributed by atoms with Crippen LogP contribution >= 0.6 is 0 Å². The molecule has 234 valence electrons. The Morgan fingerprint density at radius 3 is 1.96 bits per heavy atom. The summed E-state index contributed by atoms with van der Waals surface area (Å²) in [5, 5.41) is 4.38. The first-order valence-corrected chi connectivity index (χ1v) is 14.5. The van der Waals surface area contributed by atoms with E-state index >= 15 is 0 Å². The van der Waals surface area contributed by atoms with Crippen LogP contribution in [0.2, 0.25) is 0 Å². The van der Waals surface area contributed by atoms with Crippen molar-refractivity contribution in [2.45, 2.75) is 53.4 Å². The lowest BCUT2D eigenvalue weighted by Crippen LogP contribution is -2.15. The van der Waals surface area contributed by atoms with E-state index in [0.29, 0.717) is 35.4 Å². The number of aromatic amines is 2. The smallest absolute Gasteiger partial charge is 0.305 e. The summed E-state index contributed by atoms with van der Waals surface area (Å²) in [5.41, 5.74) is 8.76. The van der Waals surface area contributed by atoms with Gasteiger partial charge in [-0.25, -0.2) is 4.99 Å². The van der Waals surface area contributed by atoms with Crippen molar-refractivity contribution >= 4 is 47.7 Å². The Labute approximate surface area is 261 Å². The highest BCUT2D eigenvalue weighted by atomic mass is 16.5. The van der Waals surface area contributed by atoms with Gasteiger partial charge in [0.15, 0.2) is 0 Å². The van der Waals surface area contributed by atoms with Crippen LogP contribution in [-0.4, -0.2) is 53.7 Å². The monoisotopic (exact) mass is 610 g/mol. The number of aliphatic imine (C=N–C) groups is 1. The Kier molecular flexibility index (Phi) is 9.86. The van der Waals surface area contributed by atoms with Gasteiger partial charge in [-0.1, -0.05) is 25.3 Å². The molecule has 0 spiro atoms. The lowest BCUT2D eigenvalue weighted by atomic mass is 10.0. The van der Waals surface area contributed by atoms with Gasteiger partial charge in [0.25, 0.3) is 11.8 Å². The van der Waals surface area contributed by atoms with Crippen LogP contribution in [-0.2, 0) is 41.5 Å². The molecule has 0 saturated heterocycles. The normalized spacial score (nSPS) is 16.6. The summed E-state index contributed by atoms with van der Waals surface area (Å²) in [4.78, 5) is 60.1. The number of allylic oxidation sites excluding steroid dienone is 2. The number of carbonyl (C=O) groups is 4. The average Bonchev–Trinajstić information content (AvgIpc) is 3.66. The van der Waals surface area contributed by atoms with Crippen molar-refractivity contribution in [1.29, 1.82) is 0 Å². The molecule has 0 radical (unpaired) electrons. The molecule has 2 aliphatic heterocycles. The molecule has 0 unspecified atom stereocenters. The minimum atomic E-state index is -0.337. The molecule has 2 aromatic rings. The topological polar surface area (TPSA) is 143 Å². The Hall–Kier alpha value is -5.25. The average molecular weight is 611 g/mol. The van der Waals surface area contributed by atoms with Crippen molar-refractivity contribution in [1.82, 2.24) is 15.3 Å². The lowest BCUT2D eigenvalue weighted by Gasteiger charge is -2.04. The van der Waals surface area contributed by atoms with Crippen molar-refractivity contribution in [3.05, 3.63) is 97.6 Å². The highest BCUT2D eigenvalue weighted by molar-refractivity contribution is 6.31. The van der Waals surface area contributed by atoms with Crippen molar-refractivity contribution in [2.24, 2.45) is 4.99 Å². The first kappa shape index (κ1) is 32.7. The van der Waals surface area contributed by atoms with E-state index in [1.165, 1.54) is 20.3 Å². The number of ether oxygens (including phenoxy) is 2. The van der Waals surface area contributed by atoms with Gasteiger partial charge in [0.1, 0.15) is 0 Å². The Morgan fingerprint density at radius 1 is 0.756 bits per heavy atom. The summed E-state index contributed by atoms with van der Waals surface area (Å²) in [6.45, 7) is 15.1. The van der Waals surface area contributed by atoms with Crippen molar-refractivity contribution in [3.63, 3.8) is 0 Å². The fraction of sp³-hybridized carbons (Fsp3) is 0.286. The highest BCUT2D eigenvalue weighted by Gasteiger charge is 2.23. The molecule has 10 nitrogen and oxygen atoms in total. The second kappa shape index (κ2) is 13.6. The third-order valence-electron chi connectivity index (χ3n) is 8.31. The molecule has 2 aliphatic rings. The van der Waals surface area contributed by atoms with Crippen LogP contribution in [0.1, 0.15) is 60.3 Å². The summed E-state index contributed by atoms with van der Waals surface area (Å²) in [5.74, 6) is -1.19. The molecule has 0 aromatic carbocycles. The Balaban J connectivity index is 1.92. The third-order valence-corrected chi connectivity index (χ3v) is 8.31. The first-order chi connectivity index (χ1) is 21.4. The van der Waals surface area contributed by atoms with E-state index in [0.717, 1.165) is 55.5 Å². The summed E-state index contributed by atoms with van der Waals surface area (Å²) < 4.78 is 9.80. The Bertz CT molecular complexity index is 1890. The number of hydrogen-bond donors (Lipinski definition) is 3. The van der Waals surface area contributed by atoms with Gasteiger partial charge in [0, 0.05) is 51.6 Å². The van der Waals surface area contributed by atoms with Gasteiger partial charge >= 0.3 is 11.9 Å². The second-order valence-electron chi connectivity index (χ2n) is 10.9. The molecule has 45 heavy (non-hydrogen) atoms. The van der Waals surface area contributed by atoms with Crippen LogP contribution in [0.4, 0.5) is 0 Å². The van der Waals surface area contributed by atoms with Gasteiger partial charge in [-0.05, 0) is 86.6 Å². The molecule has 0 aliphatic carbocycles. The molecule has 4 heterocycles. The molecular formula is C35H38N4O6. The van der Waals surface area contributed by atoms with Crippen molar-refractivity contribution in [3.8, 4) is 0 Å². The summed E-state index contributed by atoms with van der Waals surface area (Å²) in [7, 11) is 2.71. The number of aromatic nitrogens is 2. The van der Waals surface area contributed by atoms with Crippen LogP contribution in [0, 0.1) is 13.8 Å².